The number of H-pyrrole nitrogens is 1. The SMILES string of the molecule is COCCN(Cc1nc2ccccc2c(=O)[nH]1)C(=O)c1csc(-c2ccc(OC)cc2)n1. The summed E-state index contributed by atoms with van der Waals surface area (Å²) in [6, 6.07) is 14.6. The van der Waals surface area contributed by atoms with Gasteiger partial charge in [0.05, 0.1) is 31.2 Å². The summed E-state index contributed by atoms with van der Waals surface area (Å²) in [5.74, 6) is 0.904. The number of aromatic amines is 1. The number of carbonyl (C=O) groups is 1. The van der Waals surface area contributed by atoms with Crippen LogP contribution in [0.5, 0.6) is 5.75 Å². The fourth-order valence-corrected chi connectivity index (χ4v) is 4.04. The molecule has 0 saturated heterocycles. The summed E-state index contributed by atoms with van der Waals surface area (Å²) in [5.41, 5.74) is 1.58. The van der Waals surface area contributed by atoms with Gasteiger partial charge in [-0.3, -0.25) is 9.59 Å². The van der Waals surface area contributed by atoms with E-state index in [1.807, 2.05) is 30.3 Å². The molecule has 0 spiro atoms. The van der Waals surface area contributed by atoms with Gasteiger partial charge in [-0.15, -0.1) is 11.3 Å². The largest absolute Gasteiger partial charge is 0.497 e. The molecule has 0 unspecified atom stereocenters. The first-order chi connectivity index (χ1) is 15.6. The normalized spacial score (nSPS) is 10.9. The van der Waals surface area contributed by atoms with Crippen molar-refractivity contribution in [2.45, 2.75) is 6.54 Å². The molecule has 2 heterocycles. The summed E-state index contributed by atoms with van der Waals surface area (Å²) in [6.07, 6.45) is 0. The smallest absolute Gasteiger partial charge is 0.273 e. The van der Waals surface area contributed by atoms with Crippen LogP contribution in [0.3, 0.4) is 0 Å². The summed E-state index contributed by atoms with van der Waals surface area (Å²) in [5, 5.41) is 2.98. The zero-order valence-corrected chi connectivity index (χ0v) is 18.5. The van der Waals surface area contributed by atoms with Crippen molar-refractivity contribution in [2.24, 2.45) is 0 Å². The minimum Gasteiger partial charge on any atom is -0.497 e. The van der Waals surface area contributed by atoms with Gasteiger partial charge in [0.15, 0.2) is 0 Å². The van der Waals surface area contributed by atoms with Crippen molar-refractivity contribution in [1.82, 2.24) is 19.9 Å². The number of hydrogen-bond donors (Lipinski definition) is 1. The number of para-hydroxylation sites is 1. The molecule has 0 aliphatic carbocycles. The molecule has 0 bridgehead atoms. The zero-order valence-electron chi connectivity index (χ0n) is 17.7. The molecule has 0 atom stereocenters. The van der Waals surface area contributed by atoms with Crippen LogP contribution in [0.15, 0.2) is 58.7 Å². The predicted molar refractivity (Wildman–Crippen MR) is 123 cm³/mol. The third-order valence-corrected chi connectivity index (χ3v) is 5.81. The Hall–Kier alpha value is -3.56. The lowest BCUT2D eigenvalue weighted by molar-refractivity contribution is 0.0670. The van der Waals surface area contributed by atoms with Gasteiger partial charge in [-0.2, -0.15) is 0 Å². The van der Waals surface area contributed by atoms with Gasteiger partial charge in [0.1, 0.15) is 22.3 Å². The lowest BCUT2D eigenvalue weighted by atomic mass is 10.2. The van der Waals surface area contributed by atoms with Crippen molar-refractivity contribution in [3.63, 3.8) is 0 Å². The van der Waals surface area contributed by atoms with E-state index in [4.69, 9.17) is 9.47 Å². The monoisotopic (exact) mass is 450 g/mol. The van der Waals surface area contributed by atoms with Crippen molar-refractivity contribution >= 4 is 28.1 Å². The Labute approximate surface area is 188 Å². The zero-order chi connectivity index (χ0) is 22.5. The van der Waals surface area contributed by atoms with E-state index >= 15 is 0 Å². The van der Waals surface area contributed by atoms with Gasteiger partial charge in [0.25, 0.3) is 11.5 Å². The number of methoxy groups -OCH3 is 2. The number of aromatic nitrogens is 3. The number of nitrogens with one attached hydrogen (secondary N) is 1. The van der Waals surface area contributed by atoms with Crippen LogP contribution in [0.1, 0.15) is 16.3 Å². The van der Waals surface area contributed by atoms with Crippen molar-refractivity contribution < 1.29 is 14.3 Å². The number of benzene rings is 2. The van der Waals surface area contributed by atoms with Crippen LogP contribution in [-0.4, -0.2) is 53.1 Å². The van der Waals surface area contributed by atoms with Crippen LogP contribution in [0.25, 0.3) is 21.5 Å². The molecule has 8 nitrogen and oxygen atoms in total. The van der Waals surface area contributed by atoms with Crippen LogP contribution < -0.4 is 10.3 Å². The second-order valence-electron chi connectivity index (χ2n) is 7.02. The number of thiazole rings is 1. The van der Waals surface area contributed by atoms with E-state index in [1.54, 1.807) is 42.7 Å². The van der Waals surface area contributed by atoms with Gasteiger partial charge in [-0.05, 0) is 36.4 Å². The summed E-state index contributed by atoms with van der Waals surface area (Å²) in [7, 11) is 3.19. The Kier molecular flexibility index (Phi) is 6.58. The average molecular weight is 451 g/mol. The molecule has 0 aliphatic rings. The van der Waals surface area contributed by atoms with Crippen molar-refractivity contribution in [1.29, 1.82) is 0 Å². The fraction of sp³-hybridized carbons (Fsp3) is 0.217. The number of rotatable bonds is 8. The summed E-state index contributed by atoms with van der Waals surface area (Å²) >= 11 is 1.39. The number of hydrogen-bond acceptors (Lipinski definition) is 7. The first-order valence-electron chi connectivity index (χ1n) is 9.95. The number of amides is 1. The molecule has 2 aromatic carbocycles. The van der Waals surface area contributed by atoms with Gasteiger partial charge in [0, 0.05) is 24.6 Å². The quantitative estimate of drug-likeness (QED) is 0.442. The highest BCUT2D eigenvalue weighted by Crippen LogP contribution is 2.26. The van der Waals surface area contributed by atoms with E-state index in [9.17, 15) is 9.59 Å². The van der Waals surface area contributed by atoms with Crippen molar-refractivity contribution in [3.8, 4) is 16.3 Å². The number of ether oxygens (including phenoxy) is 2. The maximum atomic E-state index is 13.2. The Morgan fingerprint density at radius 1 is 1.09 bits per heavy atom. The maximum absolute atomic E-state index is 13.2. The average Bonchev–Trinajstić information content (AvgIpc) is 3.32. The van der Waals surface area contributed by atoms with Gasteiger partial charge >= 0.3 is 0 Å². The van der Waals surface area contributed by atoms with E-state index in [1.165, 1.54) is 11.3 Å². The molecule has 1 N–H and O–H groups in total. The van der Waals surface area contributed by atoms with Gasteiger partial charge in [-0.1, -0.05) is 12.1 Å². The van der Waals surface area contributed by atoms with Crippen molar-refractivity contribution in [2.75, 3.05) is 27.4 Å². The molecule has 2 aromatic heterocycles. The standard InChI is InChI=1S/C23H22N4O4S/c1-30-12-11-27(13-20-24-18-6-4-3-5-17(18)21(28)26-20)23(29)19-14-32-22(25-19)15-7-9-16(31-2)10-8-15/h3-10,14H,11-13H2,1-2H3,(H,24,26,28). The molecule has 0 aliphatic heterocycles. The molecule has 32 heavy (non-hydrogen) atoms. The minimum atomic E-state index is -0.256. The highest BCUT2D eigenvalue weighted by molar-refractivity contribution is 7.13. The van der Waals surface area contributed by atoms with E-state index in [2.05, 4.69) is 15.0 Å². The highest BCUT2D eigenvalue weighted by atomic mass is 32.1. The Bertz CT molecular complexity index is 1280. The second kappa shape index (κ2) is 9.71. The van der Waals surface area contributed by atoms with Gasteiger partial charge in [0.2, 0.25) is 0 Å². The van der Waals surface area contributed by atoms with Crippen LogP contribution in [0.2, 0.25) is 0 Å². The Morgan fingerprint density at radius 3 is 2.62 bits per heavy atom. The van der Waals surface area contributed by atoms with E-state index in [0.717, 1.165) is 16.3 Å². The molecule has 164 valence electrons. The Morgan fingerprint density at radius 2 is 1.88 bits per heavy atom. The Balaban J connectivity index is 1.58. The summed E-state index contributed by atoms with van der Waals surface area (Å²) in [6.45, 7) is 0.817. The van der Waals surface area contributed by atoms with Crippen LogP contribution in [0.4, 0.5) is 0 Å². The molecule has 4 aromatic rings. The third kappa shape index (κ3) is 4.68. The van der Waals surface area contributed by atoms with E-state index < -0.39 is 0 Å². The summed E-state index contributed by atoms with van der Waals surface area (Å²) < 4.78 is 10.4. The summed E-state index contributed by atoms with van der Waals surface area (Å²) in [4.78, 5) is 39.0. The number of nitrogens with zero attached hydrogens (tertiary/aromatic N) is 3. The maximum Gasteiger partial charge on any atom is 0.273 e. The highest BCUT2D eigenvalue weighted by Gasteiger charge is 2.21. The van der Waals surface area contributed by atoms with E-state index in [-0.39, 0.29) is 18.0 Å². The van der Waals surface area contributed by atoms with Crippen LogP contribution >= 0.6 is 11.3 Å². The topological polar surface area (TPSA) is 97.4 Å². The first-order valence-corrected chi connectivity index (χ1v) is 10.8. The van der Waals surface area contributed by atoms with Crippen molar-refractivity contribution in [3.05, 3.63) is 75.8 Å². The second-order valence-corrected chi connectivity index (χ2v) is 7.87. The lowest BCUT2D eigenvalue weighted by Gasteiger charge is -2.21. The first kappa shape index (κ1) is 21.7. The minimum absolute atomic E-state index is 0.137. The molecule has 0 radical (unpaired) electrons. The molecule has 1 amide bonds. The molecular weight excluding hydrogens is 428 g/mol. The van der Waals surface area contributed by atoms with Crippen LogP contribution in [-0.2, 0) is 11.3 Å². The number of carbonyl (C=O) groups excluding carboxylic acids is 1. The molecule has 0 saturated carbocycles. The van der Waals surface area contributed by atoms with Crippen LogP contribution in [0, 0.1) is 0 Å². The molecule has 0 fully saturated rings. The molecule has 4 rings (SSSR count). The predicted octanol–water partition coefficient (Wildman–Crippen LogP) is 3.34. The molecular formula is C23H22N4O4S. The van der Waals surface area contributed by atoms with Gasteiger partial charge in [-0.25, -0.2) is 9.97 Å². The number of fused-ring (bicyclic) bond motifs is 1. The third-order valence-electron chi connectivity index (χ3n) is 4.92. The molecule has 9 heteroatoms. The van der Waals surface area contributed by atoms with E-state index in [0.29, 0.717) is 35.6 Å². The fourth-order valence-electron chi connectivity index (χ4n) is 3.24. The lowest BCUT2D eigenvalue weighted by Crippen LogP contribution is -2.35. The van der Waals surface area contributed by atoms with Gasteiger partial charge < -0.3 is 19.4 Å².